The fraction of sp³-hybridized carbons (Fsp3) is 0.321. The molecule has 13 nitrogen and oxygen atoms in total. The minimum Gasteiger partial charge on any atom is -0.493 e. The molecule has 0 saturated carbocycles. The molecule has 2 aromatic carbocycles. The number of esters is 2. The molecule has 0 spiro atoms. The van der Waals surface area contributed by atoms with E-state index in [4.69, 9.17) is 23.7 Å². The Kier molecular flexibility index (Phi) is 12.4. The van der Waals surface area contributed by atoms with E-state index >= 15 is 0 Å². The molecule has 3 rings (SSSR count). The van der Waals surface area contributed by atoms with Gasteiger partial charge in [0.1, 0.15) is 5.75 Å². The lowest BCUT2D eigenvalue weighted by molar-refractivity contribution is -0.145. The van der Waals surface area contributed by atoms with Crippen LogP contribution in [0.3, 0.4) is 0 Å². The number of nitrogens with zero attached hydrogens (tertiary/aromatic N) is 1. The number of rotatable bonds is 13. The Bertz CT molecular complexity index is 1450. The molecule has 0 aromatic heterocycles. The second-order valence-electron chi connectivity index (χ2n) is 8.68. The van der Waals surface area contributed by atoms with Crippen LogP contribution in [0.4, 0.5) is 4.79 Å². The van der Waals surface area contributed by atoms with Gasteiger partial charge in [-0.3, -0.25) is 4.79 Å². The zero-order chi connectivity index (χ0) is 31.5. The summed E-state index contributed by atoms with van der Waals surface area (Å²) < 4.78 is 28.0. The van der Waals surface area contributed by atoms with Crippen molar-refractivity contribution in [3.05, 3.63) is 61.7 Å². The van der Waals surface area contributed by atoms with Gasteiger partial charge in [-0.05, 0) is 66.5 Å². The Labute approximate surface area is 264 Å². The molecule has 1 heterocycles. The summed E-state index contributed by atoms with van der Waals surface area (Å²) in [6, 6.07) is 6.95. The Morgan fingerprint density at radius 1 is 1.02 bits per heavy atom. The summed E-state index contributed by atoms with van der Waals surface area (Å²) >= 11 is 6.77. The van der Waals surface area contributed by atoms with Crippen molar-refractivity contribution in [1.29, 1.82) is 0 Å². The molecule has 43 heavy (non-hydrogen) atoms. The first-order valence-electron chi connectivity index (χ1n) is 12.9. The topological polar surface area (TPSA) is 163 Å². The largest absolute Gasteiger partial charge is 0.493 e. The van der Waals surface area contributed by atoms with Gasteiger partial charge in [-0.1, -0.05) is 22.0 Å². The van der Waals surface area contributed by atoms with Gasteiger partial charge in [0.05, 0.1) is 42.6 Å². The third-order valence-electron chi connectivity index (χ3n) is 5.71. The van der Waals surface area contributed by atoms with Gasteiger partial charge in [0.15, 0.2) is 24.7 Å². The van der Waals surface area contributed by atoms with E-state index in [9.17, 15) is 19.2 Å². The number of benzene rings is 2. The van der Waals surface area contributed by atoms with Crippen LogP contribution in [0, 0.1) is 0 Å². The number of ether oxygens (including phenoxy) is 5. The van der Waals surface area contributed by atoms with E-state index in [1.54, 1.807) is 51.1 Å². The van der Waals surface area contributed by atoms with Crippen molar-refractivity contribution in [3.8, 4) is 17.2 Å². The van der Waals surface area contributed by atoms with Gasteiger partial charge in [0.25, 0.3) is 5.91 Å². The number of allylic oxidation sites excluding steroid dienone is 1. The molecule has 230 valence electrons. The van der Waals surface area contributed by atoms with Gasteiger partial charge in [-0.25, -0.2) is 19.8 Å². The van der Waals surface area contributed by atoms with Crippen molar-refractivity contribution in [2.45, 2.75) is 26.8 Å². The molecule has 0 saturated heterocycles. The third kappa shape index (κ3) is 9.19. The molecule has 1 aliphatic heterocycles. The van der Waals surface area contributed by atoms with Crippen molar-refractivity contribution in [3.63, 3.8) is 0 Å². The lowest BCUT2D eigenvalue weighted by atomic mass is 9.95. The smallest absolute Gasteiger partial charge is 0.344 e. The molecule has 1 aliphatic rings. The molecular weight excluding hydrogens is 696 g/mol. The number of methoxy groups -OCH3 is 1. The summed E-state index contributed by atoms with van der Waals surface area (Å²) in [5, 5.41) is 9.26. The van der Waals surface area contributed by atoms with Crippen molar-refractivity contribution in [2.75, 3.05) is 33.5 Å². The van der Waals surface area contributed by atoms with Gasteiger partial charge in [-0.2, -0.15) is 5.10 Å². The number of carbonyl (C=O) groups excluding carboxylic acids is 4. The van der Waals surface area contributed by atoms with Gasteiger partial charge >= 0.3 is 18.0 Å². The summed E-state index contributed by atoms with van der Waals surface area (Å²) in [5.74, 6) is -0.822. The van der Waals surface area contributed by atoms with E-state index in [1.807, 2.05) is 0 Å². The monoisotopic (exact) mass is 724 g/mol. The summed E-state index contributed by atoms with van der Waals surface area (Å²) in [5.41, 5.74) is 4.00. The minimum absolute atomic E-state index is 0.170. The van der Waals surface area contributed by atoms with Crippen molar-refractivity contribution >= 4 is 62.0 Å². The fourth-order valence-electron chi connectivity index (χ4n) is 3.92. The molecule has 15 heteroatoms. The Morgan fingerprint density at radius 3 is 2.47 bits per heavy atom. The number of halogens is 2. The Balaban J connectivity index is 1.68. The van der Waals surface area contributed by atoms with Gasteiger partial charge in [0.2, 0.25) is 0 Å². The first kappa shape index (κ1) is 33.4. The lowest BCUT2D eigenvalue weighted by Gasteiger charge is -2.28. The number of hydrazone groups is 1. The standard InChI is InChI=1S/C28H30Br2N4O9/c1-5-40-23(36)14-43-26-17(9-18(29)11-19(26)30)12-31-34-22(35)13-42-20-8-7-16(10-21(20)39-4)25-24(27(37)41-6-2)15(3)32-28(38)33-25/h7-12,25H,5-6,13-14H2,1-4H3,(H,34,35)(H2,32,33,38)/b31-12+/t25-/m1/s1. The molecule has 0 bridgehead atoms. The molecular formula is C28H30Br2N4O9. The number of urea groups is 1. The van der Waals surface area contributed by atoms with Crippen LogP contribution in [0.5, 0.6) is 17.2 Å². The van der Waals surface area contributed by atoms with E-state index in [1.165, 1.54) is 13.3 Å². The minimum atomic E-state index is -0.794. The van der Waals surface area contributed by atoms with Gasteiger partial charge in [0, 0.05) is 15.7 Å². The molecule has 3 amide bonds. The zero-order valence-electron chi connectivity index (χ0n) is 23.7. The first-order valence-corrected chi connectivity index (χ1v) is 14.5. The van der Waals surface area contributed by atoms with Crippen LogP contribution >= 0.6 is 31.9 Å². The zero-order valence-corrected chi connectivity index (χ0v) is 26.9. The van der Waals surface area contributed by atoms with E-state index < -0.39 is 36.5 Å². The van der Waals surface area contributed by atoms with Crippen LogP contribution < -0.4 is 30.3 Å². The molecule has 3 N–H and O–H groups in total. The number of carbonyl (C=O) groups is 4. The molecule has 0 unspecified atom stereocenters. The highest BCUT2D eigenvalue weighted by Gasteiger charge is 2.32. The maximum absolute atomic E-state index is 12.6. The van der Waals surface area contributed by atoms with E-state index in [0.29, 0.717) is 31.5 Å². The molecule has 0 fully saturated rings. The Morgan fingerprint density at radius 2 is 1.77 bits per heavy atom. The normalized spacial score (nSPS) is 14.5. The highest BCUT2D eigenvalue weighted by molar-refractivity contribution is 9.11. The maximum Gasteiger partial charge on any atom is 0.344 e. The summed E-state index contributed by atoms with van der Waals surface area (Å²) in [6.07, 6.45) is 1.35. The molecule has 1 atom stereocenters. The average Bonchev–Trinajstić information content (AvgIpc) is 2.95. The third-order valence-corrected chi connectivity index (χ3v) is 6.76. The van der Waals surface area contributed by atoms with Crippen LogP contribution in [-0.2, 0) is 23.9 Å². The predicted octanol–water partition coefficient (Wildman–Crippen LogP) is 3.88. The summed E-state index contributed by atoms with van der Waals surface area (Å²) in [4.78, 5) is 48.9. The van der Waals surface area contributed by atoms with Gasteiger partial charge < -0.3 is 34.3 Å². The lowest BCUT2D eigenvalue weighted by Crippen LogP contribution is -2.45. The Hall–Kier alpha value is -4.11. The van der Waals surface area contributed by atoms with Crippen molar-refractivity contribution < 1.29 is 42.9 Å². The summed E-state index contributed by atoms with van der Waals surface area (Å²) in [7, 11) is 1.42. The number of hydrogen-bond donors (Lipinski definition) is 3. The van der Waals surface area contributed by atoms with Crippen molar-refractivity contribution in [2.24, 2.45) is 5.10 Å². The molecule has 0 aliphatic carbocycles. The SMILES string of the molecule is CCOC(=O)COc1c(Br)cc(Br)cc1/C=N/NC(=O)COc1ccc([C@H]2NC(=O)NC(C)=C2C(=O)OCC)cc1OC. The number of amides is 3. The predicted molar refractivity (Wildman–Crippen MR) is 162 cm³/mol. The second-order valence-corrected chi connectivity index (χ2v) is 10.5. The average molecular weight is 726 g/mol. The second kappa shape index (κ2) is 15.9. The van der Waals surface area contributed by atoms with Crippen molar-refractivity contribution in [1.82, 2.24) is 16.1 Å². The van der Waals surface area contributed by atoms with Crippen LogP contribution in [0.25, 0.3) is 0 Å². The first-order chi connectivity index (χ1) is 20.6. The van der Waals surface area contributed by atoms with Crippen LogP contribution in [0.1, 0.15) is 37.9 Å². The number of hydrogen-bond acceptors (Lipinski definition) is 10. The highest BCUT2D eigenvalue weighted by atomic mass is 79.9. The quantitative estimate of drug-likeness (QED) is 0.158. The van der Waals surface area contributed by atoms with Crippen LogP contribution in [0.2, 0.25) is 0 Å². The molecule has 2 aromatic rings. The summed E-state index contributed by atoms with van der Waals surface area (Å²) in [6.45, 7) is 4.68. The van der Waals surface area contributed by atoms with E-state index in [0.717, 1.165) is 0 Å². The van der Waals surface area contributed by atoms with E-state index in [2.05, 4.69) is 53.0 Å². The molecule has 0 radical (unpaired) electrons. The number of nitrogens with one attached hydrogen (secondary N) is 3. The maximum atomic E-state index is 12.6. The van der Waals surface area contributed by atoms with Crippen LogP contribution in [-0.4, -0.2) is 63.6 Å². The highest BCUT2D eigenvalue weighted by Crippen LogP contribution is 2.35. The van der Waals surface area contributed by atoms with E-state index in [-0.39, 0.29) is 36.9 Å². The van der Waals surface area contributed by atoms with Crippen LogP contribution in [0.15, 0.2) is 55.6 Å². The van der Waals surface area contributed by atoms with Gasteiger partial charge in [-0.15, -0.1) is 0 Å². The fourth-order valence-corrected chi connectivity index (χ4v) is 5.29.